The molecule has 9 N–H and O–H groups in total. The van der Waals surface area contributed by atoms with Crippen molar-refractivity contribution >= 4 is 112 Å². The van der Waals surface area contributed by atoms with Gasteiger partial charge in [0.15, 0.2) is 0 Å². The molecule has 0 bridgehead atoms. The van der Waals surface area contributed by atoms with E-state index in [4.69, 9.17) is 35.2 Å². The molecule has 0 spiro atoms. The summed E-state index contributed by atoms with van der Waals surface area (Å²) in [6, 6.07) is 36.5. The van der Waals surface area contributed by atoms with Gasteiger partial charge in [0.25, 0.3) is 29.5 Å². The van der Waals surface area contributed by atoms with E-state index in [1.165, 1.54) is 68.2 Å². The van der Waals surface area contributed by atoms with E-state index in [0.717, 1.165) is 51.4 Å². The Morgan fingerprint density at radius 1 is 0.314 bits per heavy atom. The zero-order valence-electron chi connectivity index (χ0n) is 66.7. The number of hydrogen-bond donors (Lipinski definition) is 7. The van der Waals surface area contributed by atoms with Gasteiger partial charge in [-0.15, -0.1) is 0 Å². The van der Waals surface area contributed by atoms with Gasteiger partial charge < -0.3 is 71.5 Å². The zero-order chi connectivity index (χ0) is 85.2. The average molecular weight is 1630 g/mol. The predicted molar refractivity (Wildman–Crippen MR) is 457 cm³/mol. The molecule has 616 valence electrons. The standard InChI is InChI=1S/C19H21N5O2.C18H19N5O2.C17H17N5O2.C16H13FN4O2.C16H15N5O2/c1-13-11-22-17(12-21-13)19(25)23-16-10-15(26-8-7-24(2)3)9-14-5-4-6-20-18(14)16;1-23(2)8-9-25-14-10-13-4-3-5-21-17(13)15(11-14)22-18(24)16-12-19-6-7-20-16;1-11-9-21-15(10-20-11)17(23)22-14-8-13(24-6-4-18)7-12-3-2-5-19-16(12)14;2*17-3-7-23-12-8-11-2-1-4-20-15(11)13(9-12)21-16(22)14-10-18-5-6-19-14/h4-6,9-12H,7-8H2,1-3H3,(H,23,25);3-7,10-12H,8-9H2,1-2H3,(H,22,24);2-3,5,7-10H,4,6,18H2,1H3,(H,22,23);1-2,4-6,8-10H,3,7H2,(H,21,22);1-2,4-6,8-10H,3,7,17H2,(H,21,22). The Morgan fingerprint density at radius 3 is 0.793 bits per heavy atom. The Balaban J connectivity index is 0.000000148. The van der Waals surface area contributed by atoms with Gasteiger partial charge in [0, 0.05) is 164 Å². The summed E-state index contributed by atoms with van der Waals surface area (Å²) in [6.45, 7) is 7.29. The lowest BCUT2D eigenvalue weighted by Crippen LogP contribution is -2.19. The molecule has 0 aliphatic heterocycles. The number of fused-ring (bicyclic) bond motifs is 5. The second-order valence-corrected chi connectivity index (χ2v) is 26.5. The number of pyridine rings is 5. The molecule has 10 heterocycles. The fraction of sp³-hybridized carbons (Fsp3) is 0.186. The molecule has 0 fully saturated rings. The van der Waals surface area contributed by atoms with Gasteiger partial charge in [-0.05, 0) is 103 Å². The number of likely N-dealkylation sites (N-methyl/N-ethyl adjacent to an activating group) is 2. The van der Waals surface area contributed by atoms with Crippen LogP contribution in [0.1, 0.15) is 63.8 Å². The van der Waals surface area contributed by atoms with E-state index in [1.807, 2.05) is 131 Å². The molecular formula is C86H85FN24O10. The molecule has 0 radical (unpaired) electrons. The normalized spacial score (nSPS) is 10.7. The first-order valence-corrected chi connectivity index (χ1v) is 37.6. The second-order valence-electron chi connectivity index (χ2n) is 26.5. The Morgan fingerprint density at radius 2 is 0.570 bits per heavy atom. The number of rotatable bonds is 27. The number of hydrogen-bond acceptors (Lipinski definition) is 29. The van der Waals surface area contributed by atoms with Gasteiger partial charge >= 0.3 is 0 Å². The highest BCUT2D eigenvalue weighted by molar-refractivity contribution is 6.11. The molecule has 0 saturated heterocycles. The topological polar surface area (TPSA) is 444 Å². The van der Waals surface area contributed by atoms with Crippen LogP contribution in [0.5, 0.6) is 28.7 Å². The third kappa shape index (κ3) is 25.6. The molecule has 0 saturated carbocycles. The Kier molecular flexibility index (Phi) is 31.6. The van der Waals surface area contributed by atoms with Gasteiger partial charge in [0.1, 0.15) is 96.9 Å². The van der Waals surface area contributed by atoms with E-state index in [2.05, 4.69) is 101 Å². The largest absolute Gasteiger partial charge is 0.492 e. The second kappa shape index (κ2) is 44.1. The molecule has 34 nitrogen and oxygen atoms in total. The minimum Gasteiger partial charge on any atom is -0.492 e. The summed E-state index contributed by atoms with van der Waals surface area (Å²) in [5.41, 5.74) is 19.6. The van der Waals surface area contributed by atoms with Crippen molar-refractivity contribution in [1.29, 1.82) is 0 Å². The number of nitrogens with zero attached hydrogens (tertiary/aromatic N) is 17. The molecule has 0 aliphatic rings. The van der Waals surface area contributed by atoms with Crippen LogP contribution in [0, 0.1) is 13.8 Å². The van der Waals surface area contributed by atoms with Crippen molar-refractivity contribution < 1.29 is 52.0 Å². The van der Waals surface area contributed by atoms with Crippen molar-refractivity contribution in [1.82, 2.24) is 84.6 Å². The quantitative estimate of drug-likeness (QED) is 0.0251. The monoisotopic (exact) mass is 1630 g/mol. The van der Waals surface area contributed by atoms with Crippen LogP contribution in [-0.2, 0) is 0 Å². The molecule has 121 heavy (non-hydrogen) atoms. The molecule has 0 unspecified atom stereocenters. The van der Waals surface area contributed by atoms with Crippen LogP contribution in [0.25, 0.3) is 54.5 Å². The third-order valence-electron chi connectivity index (χ3n) is 16.8. The van der Waals surface area contributed by atoms with Crippen LogP contribution >= 0.6 is 0 Å². The number of nitrogens with two attached hydrogens (primary N) is 2. The summed E-state index contributed by atoms with van der Waals surface area (Å²) in [7, 11) is 7.95. The third-order valence-corrected chi connectivity index (χ3v) is 16.8. The molecule has 0 aliphatic carbocycles. The van der Waals surface area contributed by atoms with Crippen molar-refractivity contribution in [3.63, 3.8) is 0 Å². The Hall–Kier alpha value is -15.3. The van der Waals surface area contributed by atoms with E-state index in [-0.39, 0.29) is 58.7 Å². The van der Waals surface area contributed by atoms with Crippen LogP contribution in [0.15, 0.2) is 233 Å². The lowest BCUT2D eigenvalue weighted by molar-refractivity contribution is 0.101. The summed E-state index contributed by atoms with van der Waals surface area (Å²) in [5, 5.41) is 18.3. The number of aromatic nitrogens is 15. The van der Waals surface area contributed by atoms with Crippen molar-refractivity contribution in [2.24, 2.45) is 11.5 Å². The van der Waals surface area contributed by atoms with E-state index in [0.29, 0.717) is 124 Å². The molecular weight excluding hydrogens is 1550 g/mol. The van der Waals surface area contributed by atoms with Gasteiger partial charge in [0.05, 0.1) is 98.4 Å². The van der Waals surface area contributed by atoms with Crippen LogP contribution in [0.3, 0.4) is 0 Å². The maximum Gasteiger partial charge on any atom is 0.275 e. The van der Waals surface area contributed by atoms with Crippen molar-refractivity contribution in [3.8, 4) is 28.7 Å². The van der Waals surface area contributed by atoms with Crippen molar-refractivity contribution in [3.05, 3.63) is 273 Å². The summed E-state index contributed by atoms with van der Waals surface area (Å²) in [6.07, 6.45) is 27.4. The molecule has 5 amide bonds. The van der Waals surface area contributed by atoms with E-state index >= 15 is 0 Å². The number of carbonyl (C=O) groups is 5. The summed E-state index contributed by atoms with van der Waals surface area (Å²) in [5.74, 6) is 1.24. The number of halogens is 1. The highest BCUT2D eigenvalue weighted by atomic mass is 19.1. The number of benzene rings is 5. The number of aryl methyl sites for hydroxylation is 2. The van der Waals surface area contributed by atoms with Crippen LogP contribution < -0.4 is 61.7 Å². The number of anilines is 5. The highest BCUT2D eigenvalue weighted by Gasteiger charge is 2.19. The van der Waals surface area contributed by atoms with Crippen LogP contribution in [0.4, 0.5) is 32.8 Å². The smallest absolute Gasteiger partial charge is 0.275 e. The van der Waals surface area contributed by atoms with Crippen molar-refractivity contribution in [2.75, 3.05) is 121 Å². The fourth-order valence-corrected chi connectivity index (χ4v) is 11.1. The minimum atomic E-state index is -0.591. The molecule has 0 atom stereocenters. The van der Waals surface area contributed by atoms with E-state index in [9.17, 15) is 28.4 Å². The summed E-state index contributed by atoms with van der Waals surface area (Å²) >= 11 is 0. The van der Waals surface area contributed by atoms with Crippen molar-refractivity contribution in [2.45, 2.75) is 13.8 Å². The number of amides is 5. The lowest BCUT2D eigenvalue weighted by Gasteiger charge is -2.14. The zero-order valence-corrected chi connectivity index (χ0v) is 66.7. The Labute approximate surface area is 693 Å². The van der Waals surface area contributed by atoms with E-state index < -0.39 is 12.6 Å². The SMILES string of the molecule is CN(C)CCOc1cc(NC(=O)c2cnccn2)c2ncccc2c1.Cc1cnc(C(=O)Nc2cc(OCCN(C)C)cc3cccnc23)cn1.Cc1cnc(C(=O)Nc2cc(OCCN)cc3cccnc23)cn1.NCCOc1cc(NC(=O)c2cnccn2)c2ncccc2c1.O=C(Nc1cc(OCCF)cc2cccnc12)c1cnccn1. The number of ether oxygens (including phenoxy) is 5. The molecule has 35 heteroatoms. The lowest BCUT2D eigenvalue weighted by atomic mass is 10.1. The van der Waals surface area contributed by atoms with Gasteiger partial charge in [-0.2, -0.15) is 0 Å². The van der Waals surface area contributed by atoms with Crippen LogP contribution in [-0.4, -0.2) is 208 Å². The first-order valence-electron chi connectivity index (χ1n) is 37.6. The Bertz CT molecular complexity index is 5840. The highest BCUT2D eigenvalue weighted by Crippen LogP contribution is 2.34. The minimum absolute atomic E-state index is 0.0523. The van der Waals surface area contributed by atoms with Gasteiger partial charge in [-0.3, -0.25) is 73.8 Å². The van der Waals surface area contributed by atoms with Crippen LogP contribution in [0.2, 0.25) is 0 Å². The summed E-state index contributed by atoms with van der Waals surface area (Å²) < 4.78 is 40.4. The molecule has 15 rings (SSSR count). The fourth-order valence-electron chi connectivity index (χ4n) is 11.1. The van der Waals surface area contributed by atoms with Gasteiger partial charge in [-0.25, -0.2) is 29.3 Å². The van der Waals surface area contributed by atoms with E-state index in [1.54, 1.807) is 85.8 Å². The predicted octanol–water partition coefficient (Wildman–Crippen LogP) is 10.9. The summed E-state index contributed by atoms with van der Waals surface area (Å²) in [4.78, 5) is 128. The average Bonchev–Trinajstić information content (AvgIpc) is 0.826. The van der Waals surface area contributed by atoms with Gasteiger partial charge in [-0.1, -0.05) is 30.3 Å². The molecule has 15 aromatic rings. The maximum absolute atomic E-state index is 12.5. The number of carbonyl (C=O) groups excluding carboxylic acids is 5. The first kappa shape index (κ1) is 86.5. The molecule has 10 aromatic heterocycles. The maximum atomic E-state index is 12.5. The molecule has 5 aromatic carbocycles. The first-order chi connectivity index (χ1) is 58.9. The van der Waals surface area contributed by atoms with Gasteiger partial charge in [0.2, 0.25) is 0 Å². The number of alkyl halides is 1. The number of nitrogens with one attached hydrogen (secondary N) is 5.